The largest absolute Gasteiger partial charge is 0.451 e. The molecule has 4 rings (SSSR count). The molecule has 0 bridgehead atoms. The third kappa shape index (κ3) is 5.23. The molecular formula is C24H23F3N8O. The van der Waals surface area contributed by atoms with Gasteiger partial charge in [-0.1, -0.05) is 25.1 Å². The van der Waals surface area contributed by atoms with Gasteiger partial charge in [0.2, 0.25) is 5.82 Å². The highest BCUT2D eigenvalue weighted by Crippen LogP contribution is 2.29. The Kier molecular flexibility index (Phi) is 7.06. The van der Waals surface area contributed by atoms with Gasteiger partial charge in [-0.25, -0.2) is 25.8 Å². The van der Waals surface area contributed by atoms with Gasteiger partial charge in [-0.15, -0.1) is 0 Å². The van der Waals surface area contributed by atoms with E-state index in [0.717, 1.165) is 28.9 Å². The summed E-state index contributed by atoms with van der Waals surface area (Å²) < 4.78 is 38.2. The Hall–Kier alpha value is -4.19. The van der Waals surface area contributed by atoms with Crippen LogP contribution in [-0.2, 0) is 6.18 Å². The summed E-state index contributed by atoms with van der Waals surface area (Å²) in [5.74, 6) is 5.28. The van der Waals surface area contributed by atoms with E-state index in [1.54, 1.807) is 25.4 Å². The number of nitrogens with zero attached hydrogens (tertiary/aromatic N) is 6. The van der Waals surface area contributed by atoms with Crippen LogP contribution < -0.4 is 16.2 Å². The molecular weight excluding hydrogens is 473 g/mol. The molecule has 4 aromatic rings. The summed E-state index contributed by atoms with van der Waals surface area (Å²) in [5, 5.41) is 4.86. The Morgan fingerprint density at radius 3 is 2.56 bits per heavy atom. The number of nitrogens with one attached hydrogen (secondary N) is 1. The van der Waals surface area contributed by atoms with Gasteiger partial charge in [0.05, 0.1) is 16.8 Å². The number of pyridine rings is 1. The number of alkyl halides is 3. The molecule has 186 valence electrons. The van der Waals surface area contributed by atoms with Crippen LogP contribution in [0.25, 0.3) is 22.2 Å². The van der Waals surface area contributed by atoms with Crippen LogP contribution in [0, 0.1) is 0 Å². The molecule has 12 heteroatoms. The number of rotatable bonds is 7. The van der Waals surface area contributed by atoms with Gasteiger partial charge in [-0.05, 0) is 24.0 Å². The predicted molar refractivity (Wildman–Crippen MR) is 128 cm³/mol. The molecule has 1 aromatic carbocycles. The number of halogens is 3. The van der Waals surface area contributed by atoms with Gasteiger partial charge < -0.3 is 5.32 Å². The number of hydrogen-bond donors (Lipinski definition) is 2. The highest BCUT2D eigenvalue weighted by Gasteiger charge is 2.34. The van der Waals surface area contributed by atoms with Crippen molar-refractivity contribution >= 4 is 22.6 Å². The van der Waals surface area contributed by atoms with Crippen molar-refractivity contribution in [3.05, 3.63) is 72.2 Å². The van der Waals surface area contributed by atoms with Crippen LogP contribution in [0.2, 0.25) is 0 Å². The standard InChI is InChI=1S/C24H23F3N8O/c1-14(16-4-3-5-17-18(22(36)29-2)6-8-30-21(16)17)7-9-35(28)20-10-19(33-13-34-20)15-11-31-23(32-12-15)24(25,26)27/h3-6,8,10-14H,7,9,28H2,1-2H3,(H,29,36). The maximum Gasteiger partial charge on any atom is 0.451 e. The normalized spacial score (nSPS) is 12.4. The van der Waals surface area contributed by atoms with Crippen LogP contribution >= 0.6 is 0 Å². The lowest BCUT2D eigenvalue weighted by Crippen LogP contribution is -2.33. The number of anilines is 1. The Morgan fingerprint density at radius 2 is 1.86 bits per heavy atom. The Bertz CT molecular complexity index is 1380. The summed E-state index contributed by atoms with van der Waals surface area (Å²) in [7, 11) is 1.58. The molecule has 1 atom stereocenters. The van der Waals surface area contributed by atoms with Gasteiger partial charge in [-0.2, -0.15) is 13.2 Å². The van der Waals surface area contributed by atoms with Crippen LogP contribution in [0.15, 0.2) is 55.2 Å². The fraction of sp³-hybridized carbons (Fsp3) is 0.250. The fourth-order valence-corrected chi connectivity index (χ4v) is 3.80. The Morgan fingerprint density at radius 1 is 1.11 bits per heavy atom. The maximum atomic E-state index is 12.7. The van der Waals surface area contributed by atoms with E-state index >= 15 is 0 Å². The molecule has 1 unspecified atom stereocenters. The molecule has 3 aromatic heterocycles. The van der Waals surface area contributed by atoms with Crippen LogP contribution in [0.1, 0.15) is 41.0 Å². The van der Waals surface area contributed by atoms with E-state index in [4.69, 9.17) is 5.84 Å². The van der Waals surface area contributed by atoms with Crippen molar-refractivity contribution in [2.75, 3.05) is 18.6 Å². The number of para-hydroxylation sites is 1. The number of carbonyl (C=O) groups excluding carboxylic acids is 1. The van der Waals surface area contributed by atoms with E-state index in [1.165, 1.54) is 11.3 Å². The fourth-order valence-electron chi connectivity index (χ4n) is 3.80. The molecule has 9 nitrogen and oxygen atoms in total. The minimum absolute atomic E-state index is 0.0526. The van der Waals surface area contributed by atoms with E-state index in [-0.39, 0.29) is 11.8 Å². The van der Waals surface area contributed by atoms with Crippen molar-refractivity contribution in [2.45, 2.75) is 25.4 Å². The van der Waals surface area contributed by atoms with Crippen molar-refractivity contribution in [2.24, 2.45) is 5.84 Å². The van der Waals surface area contributed by atoms with Gasteiger partial charge in [-0.3, -0.25) is 14.8 Å². The molecule has 0 saturated carbocycles. The first-order chi connectivity index (χ1) is 17.2. The zero-order valence-corrected chi connectivity index (χ0v) is 19.5. The lowest BCUT2D eigenvalue weighted by molar-refractivity contribution is -0.144. The summed E-state index contributed by atoms with van der Waals surface area (Å²) in [4.78, 5) is 31.8. The molecule has 3 heterocycles. The van der Waals surface area contributed by atoms with E-state index in [9.17, 15) is 18.0 Å². The summed E-state index contributed by atoms with van der Waals surface area (Å²) in [6.07, 6.45) is 1.04. The number of benzene rings is 1. The van der Waals surface area contributed by atoms with Gasteiger partial charge >= 0.3 is 6.18 Å². The predicted octanol–water partition coefficient (Wildman–Crippen LogP) is 3.73. The van der Waals surface area contributed by atoms with Gasteiger partial charge in [0.15, 0.2) is 0 Å². The van der Waals surface area contributed by atoms with Gasteiger partial charge in [0.25, 0.3) is 5.91 Å². The van der Waals surface area contributed by atoms with Crippen molar-refractivity contribution in [1.82, 2.24) is 30.2 Å². The number of hydrazine groups is 1. The van der Waals surface area contributed by atoms with E-state index in [2.05, 4.69) is 30.2 Å². The molecule has 0 aliphatic heterocycles. The molecule has 0 aliphatic rings. The van der Waals surface area contributed by atoms with Crippen LogP contribution in [-0.4, -0.2) is 44.4 Å². The summed E-state index contributed by atoms with van der Waals surface area (Å²) >= 11 is 0. The first-order valence-electron chi connectivity index (χ1n) is 11.0. The monoisotopic (exact) mass is 496 g/mol. The van der Waals surface area contributed by atoms with Crippen LogP contribution in [0.4, 0.5) is 19.0 Å². The van der Waals surface area contributed by atoms with Crippen LogP contribution in [0.5, 0.6) is 0 Å². The van der Waals surface area contributed by atoms with Crippen molar-refractivity contribution in [3.63, 3.8) is 0 Å². The first-order valence-corrected chi connectivity index (χ1v) is 11.0. The van der Waals surface area contributed by atoms with E-state index in [0.29, 0.717) is 35.6 Å². The molecule has 36 heavy (non-hydrogen) atoms. The number of carbonyl (C=O) groups is 1. The molecule has 0 saturated heterocycles. The number of fused-ring (bicyclic) bond motifs is 1. The molecule has 0 aliphatic carbocycles. The minimum Gasteiger partial charge on any atom is -0.355 e. The molecule has 0 radical (unpaired) electrons. The Balaban J connectivity index is 1.49. The number of amides is 1. The highest BCUT2D eigenvalue weighted by molar-refractivity contribution is 6.06. The second-order valence-corrected chi connectivity index (χ2v) is 8.12. The summed E-state index contributed by atoms with van der Waals surface area (Å²) in [6, 6.07) is 8.98. The molecule has 0 spiro atoms. The second-order valence-electron chi connectivity index (χ2n) is 8.12. The summed E-state index contributed by atoms with van der Waals surface area (Å²) in [5.41, 5.74) is 2.94. The lowest BCUT2D eigenvalue weighted by Gasteiger charge is -2.21. The Labute approximate surface area is 204 Å². The zero-order chi connectivity index (χ0) is 25.9. The van der Waals surface area contributed by atoms with E-state index in [1.807, 2.05) is 25.1 Å². The third-order valence-corrected chi connectivity index (χ3v) is 5.76. The average Bonchev–Trinajstić information content (AvgIpc) is 2.90. The lowest BCUT2D eigenvalue weighted by atomic mass is 9.93. The first kappa shape index (κ1) is 24.9. The molecule has 3 N–H and O–H groups in total. The van der Waals surface area contributed by atoms with Crippen molar-refractivity contribution in [3.8, 4) is 11.3 Å². The highest BCUT2D eigenvalue weighted by atomic mass is 19.4. The number of nitrogens with two attached hydrogens (primary N) is 1. The van der Waals surface area contributed by atoms with Gasteiger partial charge in [0, 0.05) is 49.2 Å². The average molecular weight is 496 g/mol. The van der Waals surface area contributed by atoms with Gasteiger partial charge in [0.1, 0.15) is 12.1 Å². The minimum atomic E-state index is -4.62. The third-order valence-electron chi connectivity index (χ3n) is 5.76. The number of hydrogen-bond acceptors (Lipinski definition) is 8. The zero-order valence-electron chi connectivity index (χ0n) is 19.5. The van der Waals surface area contributed by atoms with Crippen LogP contribution in [0.3, 0.4) is 0 Å². The SMILES string of the molecule is CNC(=O)c1ccnc2c(C(C)CCN(N)c3cc(-c4cnc(C(F)(F)F)nc4)ncn3)cccc12. The molecule has 0 fully saturated rings. The second kappa shape index (κ2) is 10.2. The topological polar surface area (TPSA) is 123 Å². The smallest absolute Gasteiger partial charge is 0.355 e. The number of aromatic nitrogens is 5. The van der Waals surface area contributed by atoms with Crippen molar-refractivity contribution in [1.29, 1.82) is 0 Å². The van der Waals surface area contributed by atoms with Crippen molar-refractivity contribution < 1.29 is 18.0 Å². The quantitative estimate of drug-likeness (QED) is 0.293. The summed E-state index contributed by atoms with van der Waals surface area (Å²) in [6.45, 7) is 2.47. The molecule has 1 amide bonds. The maximum absolute atomic E-state index is 12.7. The van der Waals surface area contributed by atoms with E-state index < -0.39 is 12.0 Å².